The summed E-state index contributed by atoms with van der Waals surface area (Å²) in [4.78, 5) is 4.24. The predicted molar refractivity (Wildman–Crippen MR) is 55.4 cm³/mol. The molecular weight excluding hydrogens is 174 g/mol. The fourth-order valence-corrected chi connectivity index (χ4v) is 1.14. The number of nitrogens with zero attached hydrogens (tertiary/aromatic N) is 2. The van der Waals surface area contributed by atoms with Crippen molar-refractivity contribution in [2.45, 2.75) is 19.9 Å². The van der Waals surface area contributed by atoms with Crippen molar-refractivity contribution >= 4 is 0 Å². The first-order valence-electron chi connectivity index (χ1n) is 4.78. The summed E-state index contributed by atoms with van der Waals surface area (Å²) in [5, 5.41) is 11.9. The molecule has 0 fully saturated rings. The Labute approximate surface area is 84.8 Å². The molecule has 0 radical (unpaired) electrons. The van der Waals surface area contributed by atoms with E-state index in [1.165, 1.54) is 0 Å². The highest BCUT2D eigenvalue weighted by atomic mass is 14.9. The molecule has 0 bridgehead atoms. The molecule has 74 valence electrons. The minimum atomic E-state index is 0.0427. The molecule has 0 aliphatic rings. The van der Waals surface area contributed by atoms with Crippen molar-refractivity contribution in [3.8, 4) is 6.07 Å². The Kier molecular flexibility index (Phi) is 4.09. The van der Waals surface area contributed by atoms with E-state index in [0.717, 1.165) is 5.69 Å². The van der Waals surface area contributed by atoms with Gasteiger partial charge in [-0.15, -0.1) is 0 Å². The monoisotopic (exact) mass is 189 g/mol. The molecule has 1 aromatic heterocycles. The van der Waals surface area contributed by atoms with Crippen molar-refractivity contribution in [2.24, 2.45) is 5.92 Å². The molecule has 0 saturated carbocycles. The van der Waals surface area contributed by atoms with Gasteiger partial charge in [-0.2, -0.15) is 5.26 Å². The molecule has 0 amide bonds. The van der Waals surface area contributed by atoms with Crippen molar-refractivity contribution in [3.05, 3.63) is 30.1 Å². The van der Waals surface area contributed by atoms with Crippen LogP contribution in [0.3, 0.4) is 0 Å². The quantitative estimate of drug-likeness (QED) is 0.786. The van der Waals surface area contributed by atoms with Crippen LogP contribution in [0, 0.1) is 17.2 Å². The van der Waals surface area contributed by atoms with Gasteiger partial charge in [-0.1, -0.05) is 6.07 Å². The average molecular weight is 189 g/mol. The zero-order valence-corrected chi connectivity index (χ0v) is 8.57. The first kappa shape index (κ1) is 10.7. The number of hydrogen-bond acceptors (Lipinski definition) is 3. The van der Waals surface area contributed by atoms with Gasteiger partial charge >= 0.3 is 0 Å². The van der Waals surface area contributed by atoms with Crippen LogP contribution in [-0.2, 0) is 0 Å². The van der Waals surface area contributed by atoms with Crippen molar-refractivity contribution < 1.29 is 0 Å². The molecule has 0 aromatic carbocycles. The minimum absolute atomic E-state index is 0.0427. The van der Waals surface area contributed by atoms with Crippen LogP contribution in [0.4, 0.5) is 0 Å². The van der Waals surface area contributed by atoms with Crippen LogP contribution < -0.4 is 5.32 Å². The molecule has 1 N–H and O–H groups in total. The predicted octanol–water partition coefficient (Wildman–Crippen LogP) is 1.89. The first-order chi connectivity index (χ1) is 6.74. The Morgan fingerprint density at radius 3 is 2.86 bits per heavy atom. The van der Waals surface area contributed by atoms with Gasteiger partial charge in [0.25, 0.3) is 0 Å². The molecule has 14 heavy (non-hydrogen) atoms. The van der Waals surface area contributed by atoms with Crippen molar-refractivity contribution in [3.63, 3.8) is 0 Å². The van der Waals surface area contributed by atoms with Gasteiger partial charge in [0.2, 0.25) is 0 Å². The lowest BCUT2D eigenvalue weighted by Gasteiger charge is -2.13. The van der Waals surface area contributed by atoms with Gasteiger partial charge < -0.3 is 5.32 Å². The van der Waals surface area contributed by atoms with Crippen molar-refractivity contribution in [2.75, 3.05) is 6.54 Å². The van der Waals surface area contributed by atoms with Gasteiger partial charge in [0.15, 0.2) is 0 Å². The van der Waals surface area contributed by atoms with E-state index >= 15 is 0 Å². The zero-order chi connectivity index (χ0) is 10.4. The number of pyridine rings is 1. The highest BCUT2D eigenvalue weighted by Gasteiger charge is 2.06. The van der Waals surface area contributed by atoms with E-state index in [4.69, 9.17) is 5.26 Å². The summed E-state index contributed by atoms with van der Waals surface area (Å²) < 4.78 is 0. The summed E-state index contributed by atoms with van der Waals surface area (Å²) >= 11 is 0. The standard InChI is InChI=1S/C11H15N3/c1-9(7-12)8-14-10(2)11-5-3-4-6-13-11/h3-6,9-10,14H,8H2,1-2H3/t9?,10-/m0/s1. The molecule has 1 heterocycles. The first-order valence-corrected chi connectivity index (χ1v) is 4.78. The summed E-state index contributed by atoms with van der Waals surface area (Å²) in [7, 11) is 0. The lowest BCUT2D eigenvalue weighted by atomic mass is 10.1. The number of nitrogens with one attached hydrogen (secondary N) is 1. The second-order valence-corrected chi connectivity index (χ2v) is 3.41. The van der Waals surface area contributed by atoms with Gasteiger partial charge in [-0.25, -0.2) is 0 Å². The van der Waals surface area contributed by atoms with Crippen LogP contribution in [0.5, 0.6) is 0 Å². The second kappa shape index (κ2) is 5.36. The van der Waals surface area contributed by atoms with Crippen LogP contribution >= 0.6 is 0 Å². The lowest BCUT2D eigenvalue weighted by molar-refractivity contribution is 0.519. The number of aromatic nitrogens is 1. The molecule has 0 spiro atoms. The van der Waals surface area contributed by atoms with E-state index in [2.05, 4.69) is 16.4 Å². The molecule has 0 saturated heterocycles. The molecular formula is C11H15N3. The van der Waals surface area contributed by atoms with Crippen molar-refractivity contribution in [1.29, 1.82) is 5.26 Å². The maximum atomic E-state index is 8.61. The van der Waals surface area contributed by atoms with E-state index < -0.39 is 0 Å². The Morgan fingerprint density at radius 2 is 2.29 bits per heavy atom. The second-order valence-electron chi connectivity index (χ2n) is 3.41. The molecule has 3 heteroatoms. The van der Waals surface area contributed by atoms with E-state index in [1.807, 2.05) is 32.0 Å². The van der Waals surface area contributed by atoms with Crippen molar-refractivity contribution in [1.82, 2.24) is 10.3 Å². The Morgan fingerprint density at radius 1 is 1.50 bits per heavy atom. The normalized spacial score (nSPS) is 14.4. The van der Waals surface area contributed by atoms with Crippen LogP contribution in [-0.4, -0.2) is 11.5 Å². The summed E-state index contributed by atoms with van der Waals surface area (Å²) in [6.07, 6.45) is 1.78. The minimum Gasteiger partial charge on any atom is -0.308 e. The summed E-state index contributed by atoms with van der Waals surface area (Å²) in [6, 6.07) is 8.23. The third-order valence-corrected chi connectivity index (χ3v) is 2.08. The SMILES string of the molecule is CC(C#N)CN[C@@H](C)c1ccccn1. The summed E-state index contributed by atoms with van der Waals surface area (Å²) in [6.45, 7) is 4.65. The Bertz CT molecular complexity index is 302. The zero-order valence-electron chi connectivity index (χ0n) is 8.57. The highest BCUT2D eigenvalue weighted by Crippen LogP contribution is 2.07. The molecule has 1 rings (SSSR count). The van der Waals surface area contributed by atoms with Gasteiger partial charge in [0.05, 0.1) is 17.7 Å². The molecule has 2 atom stereocenters. The van der Waals surface area contributed by atoms with Gasteiger partial charge in [-0.3, -0.25) is 4.98 Å². The topological polar surface area (TPSA) is 48.7 Å². The largest absolute Gasteiger partial charge is 0.308 e. The molecule has 0 aliphatic heterocycles. The molecule has 1 aromatic rings. The molecule has 1 unspecified atom stereocenters. The van der Waals surface area contributed by atoms with E-state index in [9.17, 15) is 0 Å². The third-order valence-electron chi connectivity index (χ3n) is 2.08. The van der Waals surface area contributed by atoms with Crippen LogP contribution in [0.25, 0.3) is 0 Å². The fourth-order valence-electron chi connectivity index (χ4n) is 1.14. The third kappa shape index (κ3) is 3.15. The number of nitriles is 1. The average Bonchev–Trinajstić information content (AvgIpc) is 2.26. The fraction of sp³-hybridized carbons (Fsp3) is 0.455. The summed E-state index contributed by atoms with van der Waals surface area (Å²) in [5.41, 5.74) is 1.01. The summed E-state index contributed by atoms with van der Waals surface area (Å²) in [5.74, 6) is 0.0427. The van der Waals surface area contributed by atoms with Crippen LogP contribution in [0.1, 0.15) is 25.6 Å². The van der Waals surface area contributed by atoms with Gasteiger partial charge in [0.1, 0.15) is 0 Å². The van der Waals surface area contributed by atoms with Crippen LogP contribution in [0.2, 0.25) is 0 Å². The van der Waals surface area contributed by atoms with Gasteiger partial charge in [0, 0.05) is 18.8 Å². The Balaban J connectivity index is 2.44. The van der Waals surface area contributed by atoms with E-state index in [1.54, 1.807) is 6.20 Å². The molecule has 0 aliphatic carbocycles. The molecule has 3 nitrogen and oxygen atoms in total. The highest BCUT2D eigenvalue weighted by molar-refractivity contribution is 5.07. The number of rotatable bonds is 4. The lowest BCUT2D eigenvalue weighted by Crippen LogP contribution is -2.24. The number of hydrogen-bond donors (Lipinski definition) is 1. The van der Waals surface area contributed by atoms with E-state index in [-0.39, 0.29) is 12.0 Å². The smallest absolute Gasteiger partial charge is 0.0666 e. The maximum absolute atomic E-state index is 8.61. The van der Waals surface area contributed by atoms with E-state index in [0.29, 0.717) is 6.54 Å². The maximum Gasteiger partial charge on any atom is 0.0666 e. The van der Waals surface area contributed by atoms with Crippen LogP contribution in [0.15, 0.2) is 24.4 Å². The van der Waals surface area contributed by atoms with Gasteiger partial charge in [-0.05, 0) is 26.0 Å². The Hall–Kier alpha value is -1.40.